The summed E-state index contributed by atoms with van der Waals surface area (Å²) < 4.78 is 46.7. The van der Waals surface area contributed by atoms with E-state index >= 15 is 0 Å². The first-order chi connectivity index (χ1) is 18.0. The van der Waals surface area contributed by atoms with E-state index in [0.29, 0.717) is 44.7 Å². The number of hydrogen-bond donors (Lipinski definition) is 1. The molecular weight excluding hydrogens is 503 g/mol. The molecule has 1 atom stereocenters. The van der Waals surface area contributed by atoms with Gasteiger partial charge in [0.25, 0.3) is 5.56 Å². The quantitative estimate of drug-likeness (QED) is 0.539. The van der Waals surface area contributed by atoms with Crippen LogP contribution in [0.4, 0.5) is 24.7 Å². The van der Waals surface area contributed by atoms with E-state index in [9.17, 15) is 22.8 Å². The molecule has 0 radical (unpaired) electrons. The van der Waals surface area contributed by atoms with E-state index in [2.05, 4.69) is 15.0 Å². The van der Waals surface area contributed by atoms with E-state index in [-0.39, 0.29) is 36.6 Å². The van der Waals surface area contributed by atoms with E-state index in [1.165, 1.54) is 6.20 Å². The number of rotatable bonds is 7. The zero-order chi connectivity index (χ0) is 27.5. The Hall–Kier alpha value is -3.66. The van der Waals surface area contributed by atoms with Crippen molar-refractivity contribution in [3.8, 4) is 6.07 Å². The molecule has 0 bridgehead atoms. The molecule has 2 aromatic heterocycles. The lowest BCUT2D eigenvalue weighted by Crippen LogP contribution is -2.49. The summed E-state index contributed by atoms with van der Waals surface area (Å²) in [7, 11) is 0. The Morgan fingerprint density at radius 3 is 2.61 bits per heavy atom. The number of pyridine rings is 1. The van der Waals surface area contributed by atoms with Crippen molar-refractivity contribution in [1.82, 2.24) is 20.1 Å². The van der Waals surface area contributed by atoms with Gasteiger partial charge in [-0.25, -0.2) is 10.1 Å². The lowest BCUT2D eigenvalue weighted by atomic mass is 9.91. The summed E-state index contributed by atoms with van der Waals surface area (Å²) in [5.74, 6) is 0.701. The van der Waals surface area contributed by atoms with Crippen molar-refractivity contribution in [2.45, 2.75) is 38.9 Å². The van der Waals surface area contributed by atoms with Crippen molar-refractivity contribution >= 4 is 17.4 Å². The lowest BCUT2D eigenvalue weighted by molar-refractivity contribution is -0.138. The van der Waals surface area contributed by atoms with Gasteiger partial charge in [-0.1, -0.05) is 13.8 Å². The van der Waals surface area contributed by atoms with Crippen LogP contribution in [0.1, 0.15) is 37.8 Å². The normalized spacial score (nSPS) is 19.5. The molecule has 0 saturated carbocycles. The standard InChI is InChI=1S/C25H30F3N7O3/c1-24(2)11-18(35(16-24)19-14-31-32-23(37)22(19)25(26,27)28)15-38-10-5-21(36)34-8-6-33(7-9-34)20-4-3-17(12-29)13-30-20/h3-4,13-14,18H,5-11,15-16H2,1-2H3,(H,32,37)/t18-/m0/s1. The highest BCUT2D eigenvalue weighted by molar-refractivity contribution is 5.76. The monoisotopic (exact) mass is 533 g/mol. The molecular formula is C25H30F3N7O3. The molecule has 0 spiro atoms. The van der Waals surface area contributed by atoms with Gasteiger partial charge >= 0.3 is 6.18 Å². The number of nitrogens with one attached hydrogen (secondary N) is 1. The largest absolute Gasteiger partial charge is 0.423 e. The second kappa shape index (κ2) is 11.0. The number of piperazine rings is 1. The van der Waals surface area contributed by atoms with Crippen LogP contribution >= 0.6 is 0 Å². The van der Waals surface area contributed by atoms with Gasteiger partial charge in [-0.15, -0.1) is 0 Å². The SMILES string of the molecule is CC1(C)C[C@@H](COCCC(=O)N2CCN(c3ccc(C#N)cn3)CC2)N(c2cn[nH]c(=O)c2C(F)(F)F)C1. The molecule has 1 amide bonds. The van der Waals surface area contributed by atoms with Crippen LogP contribution in [-0.4, -0.2) is 78.0 Å². The molecule has 10 nitrogen and oxygen atoms in total. The minimum absolute atomic E-state index is 0.0563. The average molecular weight is 534 g/mol. The molecule has 1 N–H and O–H groups in total. The highest BCUT2D eigenvalue weighted by Gasteiger charge is 2.44. The minimum atomic E-state index is -4.82. The number of aromatic amines is 1. The third kappa shape index (κ3) is 6.24. The number of nitrogens with zero attached hydrogens (tertiary/aromatic N) is 6. The zero-order valence-electron chi connectivity index (χ0n) is 21.3. The molecule has 2 fully saturated rings. The van der Waals surface area contributed by atoms with Gasteiger partial charge in [-0.2, -0.15) is 23.5 Å². The number of ether oxygens (including phenoxy) is 1. The van der Waals surface area contributed by atoms with E-state index in [0.717, 1.165) is 12.0 Å². The first-order valence-electron chi connectivity index (χ1n) is 12.4. The molecule has 0 aromatic carbocycles. The van der Waals surface area contributed by atoms with Crippen molar-refractivity contribution in [3.63, 3.8) is 0 Å². The number of anilines is 2. The lowest BCUT2D eigenvalue weighted by Gasteiger charge is -2.35. The molecule has 0 aliphatic carbocycles. The summed E-state index contributed by atoms with van der Waals surface area (Å²) in [5, 5.41) is 14.4. The van der Waals surface area contributed by atoms with Crippen LogP contribution in [-0.2, 0) is 15.7 Å². The van der Waals surface area contributed by atoms with Crippen molar-refractivity contribution < 1.29 is 22.7 Å². The molecule has 38 heavy (non-hydrogen) atoms. The van der Waals surface area contributed by atoms with Gasteiger partial charge in [0.1, 0.15) is 17.5 Å². The molecule has 4 rings (SSSR count). The number of amides is 1. The van der Waals surface area contributed by atoms with Crippen LogP contribution in [0.2, 0.25) is 0 Å². The Morgan fingerprint density at radius 1 is 1.24 bits per heavy atom. The van der Waals surface area contributed by atoms with Crippen molar-refractivity contribution in [3.05, 3.63) is 46.0 Å². The zero-order valence-corrected chi connectivity index (χ0v) is 21.3. The topological polar surface area (TPSA) is 118 Å². The maximum Gasteiger partial charge on any atom is 0.423 e. The van der Waals surface area contributed by atoms with Crippen LogP contribution in [0.5, 0.6) is 0 Å². The molecule has 2 aromatic rings. The summed E-state index contributed by atoms with van der Waals surface area (Å²) in [5.41, 5.74) is -2.60. The van der Waals surface area contributed by atoms with E-state index in [1.54, 1.807) is 21.9 Å². The van der Waals surface area contributed by atoms with Gasteiger partial charge in [0.2, 0.25) is 5.91 Å². The van der Waals surface area contributed by atoms with Gasteiger partial charge in [-0.3, -0.25) is 9.59 Å². The predicted molar refractivity (Wildman–Crippen MR) is 133 cm³/mol. The van der Waals surface area contributed by atoms with Crippen LogP contribution in [0.3, 0.4) is 0 Å². The number of alkyl halides is 3. The summed E-state index contributed by atoms with van der Waals surface area (Å²) in [4.78, 5) is 34.3. The second-order valence-electron chi connectivity index (χ2n) is 10.3. The van der Waals surface area contributed by atoms with Crippen molar-refractivity contribution in [2.75, 3.05) is 55.7 Å². The fraction of sp³-hybridized carbons (Fsp3) is 0.560. The maximum absolute atomic E-state index is 13.6. The summed E-state index contributed by atoms with van der Waals surface area (Å²) in [6.07, 6.45) is -1.54. The highest BCUT2D eigenvalue weighted by Crippen LogP contribution is 2.41. The molecule has 4 heterocycles. The van der Waals surface area contributed by atoms with E-state index in [1.807, 2.05) is 25.0 Å². The number of hydrogen-bond acceptors (Lipinski definition) is 8. The third-order valence-electron chi connectivity index (χ3n) is 6.86. The Morgan fingerprint density at radius 2 is 1.97 bits per heavy atom. The van der Waals surface area contributed by atoms with Crippen molar-refractivity contribution in [2.24, 2.45) is 5.41 Å². The summed E-state index contributed by atoms with van der Waals surface area (Å²) in [6.45, 7) is 6.76. The first kappa shape index (κ1) is 27.4. The van der Waals surface area contributed by atoms with Gasteiger partial charge in [0.15, 0.2) is 0 Å². The Labute approximate surface area is 218 Å². The van der Waals surface area contributed by atoms with Crippen LogP contribution in [0.15, 0.2) is 29.3 Å². The van der Waals surface area contributed by atoms with Gasteiger partial charge < -0.3 is 19.4 Å². The van der Waals surface area contributed by atoms with Crippen LogP contribution in [0.25, 0.3) is 0 Å². The number of halogens is 3. The summed E-state index contributed by atoms with van der Waals surface area (Å²) in [6, 6.07) is 5.14. The Bertz CT molecular complexity index is 1230. The molecule has 2 saturated heterocycles. The number of aromatic nitrogens is 3. The van der Waals surface area contributed by atoms with Gasteiger partial charge in [-0.05, 0) is 24.0 Å². The van der Waals surface area contributed by atoms with Crippen LogP contribution < -0.4 is 15.4 Å². The van der Waals surface area contributed by atoms with Gasteiger partial charge in [0, 0.05) is 38.9 Å². The number of carbonyl (C=O) groups excluding carboxylic acids is 1. The number of carbonyl (C=O) groups is 1. The smallest absolute Gasteiger partial charge is 0.379 e. The fourth-order valence-corrected chi connectivity index (χ4v) is 5.08. The third-order valence-corrected chi connectivity index (χ3v) is 6.86. The Kier molecular flexibility index (Phi) is 7.91. The summed E-state index contributed by atoms with van der Waals surface area (Å²) >= 11 is 0. The molecule has 0 unspecified atom stereocenters. The molecule has 13 heteroatoms. The van der Waals surface area contributed by atoms with Gasteiger partial charge in [0.05, 0.1) is 43.1 Å². The predicted octanol–water partition coefficient (Wildman–Crippen LogP) is 2.42. The van der Waals surface area contributed by atoms with E-state index < -0.39 is 23.3 Å². The van der Waals surface area contributed by atoms with E-state index in [4.69, 9.17) is 10.00 Å². The van der Waals surface area contributed by atoms with Crippen molar-refractivity contribution in [1.29, 1.82) is 5.26 Å². The molecule has 2 aliphatic heterocycles. The number of nitriles is 1. The van der Waals surface area contributed by atoms with Crippen LogP contribution in [0, 0.1) is 16.7 Å². The average Bonchev–Trinajstić information content (AvgIpc) is 3.19. The first-order valence-corrected chi connectivity index (χ1v) is 12.4. The maximum atomic E-state index is 13.6. The molecule has 204 valence electrons. The second-order valence-corrected chi connectivity index (χ2v) is 10.3. The molecule has 2 aliphatic rings. The highest BCUT2D eigenvalue weighted by atomic mass is 19.4. The fourth-order valence-electron chi connectivity index (χ4n) is 5.08. The Balaban J connectivity index is 1.29. The minimum Gasteiger partial charge on any atom is -0.379 e. The number of H-pyrrole nitrogens is 1.